The molecule has 0 spiro atoms. The summed E-state index contributed by atoms with van der Waals surface area (Å²) in [6.07, 6.45) is -1.82. The van der Waals surface area contributed by atoms with Crippen molar-refractivity contribution in [3.8, 4) is 0 Å². The van der Waals surface area contributed by atoms with Gasteiger partial charge in [0.15, 0.2) is 0 Å². The van der Waals surface area contributed by atoms with Crippen LogP contribution < -0.4 is 0 Å². The van der Waals surface area contributed by atoms with Gasteiger partial charge in [-0.15, -0.1) is 0 Å². The molecule has 0 saturated heterocycles. The Bertz CT molecular complexity index is 300. The van der Waals surface area contributed by atoms with E-state index in [-0.39, 0.29) is 0 Å². The standard InChI is InChI=1S/C9H10Cl2O2/c1-5(12)9(13)7-3-2-6(10)4-8(7)11/h2-5,9,12-13H,1H3/t5-,9+/m0/s1. The Morgan fingerprint density at radius 3 is 2.31 bits per heavy atom. The van der Waals surface area contributed by atoms with E-state index in [1.165, 1.54) is 13.0 Å². The van der Waals surface area contributed by atoms with Crippen molar-refractivity contribution in [1.29, 1.82) is 0 Å². The monoisotopic (exact) mass is 220 g/mol. The minimum Gasteiger partial charge on any atom is -0.390 e. The predicted molar refractivity (Wildman–Crippen MR) is 53.1 cm³/mol. The van der Waals surface area contributed by atoms with Gasteiger partial charge in [-0.05, 0) is 19.1 Å². The highest BCUT2D eigenvalue weighted by Gasteiger charge is 2.16. The SMILES string of the molecule is C[C@H](O)[C@@H](O)c1ccc(Cl)cc1Cl. The van der Waals surface area contributed by atoms with Crippen molar-refractivity contribution < 1.29 is 10.2 Å². The molecule has 0 radical (unpaired) electrons. The third-order valence-corrected chi connectivity index (χ3v) is 2.30. The van der Waals surface area contributed by atoms with Crippen LogP contribution in [0.5, 0.6) is 0 Å². The van der Waals surface area contributed by atoms with Crippen molar-refractivity contribution in [3.63, 3.8) is 0 Å². The van der Waals surface area contributed by atoms with Crippen LogP contribution in [0.4, 0.5) is 0 Å². The lowest BCUT2D eigenvalue weighted by Gasteiger charge is -2.15. The predicted octanol–water partition coefficient (Wildman–Crippen LogP) is 2.41. The number of aliphatic hydroxyl groups is 2. The lowest BCUT2D eigenvalue weighted by Crippen LogP contribution is -2.14. The summed E-state index contributed by atoms with van der Waals surface area (Å²) in [5.74, 6) is 0. The molecule has 0 saturated carbocycles. The Balaban J connectivity index is 3.01. The molecule has 4 heteroatoms. The first kappa shape index (κ1) is 10.8. The molecule has 72 valence electrons. The average molecular weight is 221 g/mol. The molecule has 0 fully saturated rings. The molecule has 0 heterocycles. The first-order valence-electron chi connectivity index (χ1n) is 3.83. The second kappa shape index (κ2) is 4.29. The number of rotatable bonds is 2. The molecule has 2 nitrogen and oxygen atoms in total. The second-order valence-corrected chi connectivity index (χ2v) is 3.69. The fraction of sp³-hybridized carbons (Fsp3) is 0.333. The van der Waals surface area contributed by atoms with Crippen molar-refractivity contribution in [2.24, 2.45) is 0 Å². The van der Waals surface area contributed by atoms with Crippen LogP contribution in [0.15, 0.2) is 18.2 Å². The largest absolute Gasteiger partial charge is 0.390 e. The van der Waals surface area contributed by atoms with Crippen molar-refractivity contribution >= 4 is 23.2 Å². The van der Waals surface area contributed by atoms with Crippen LogP contribution in [0.3, 0.4) is 0 Å². The molecule has 0 aliphatic heterocycles. The quantitative estimate of drug-likeness (QED) is 0.804. The van der Waals surface area contributed by atoms with E-state index in [1.54, 1.807) is 12.1 Å². The van der Waals surface area contributed by atoms with E-state index in [9.17, 15) is 5.11 Å². The summed E-state index contributed by atoms with van der Waals surface area (Å²) >= 11 is 11.5. The average Bonchev–Trinajstić information content (AvgIpc) is 2.03. The molecule has 0 unspecified atom stereocenters. The molecule has 13 heavy (non-hydrogen) atoms. The molecule has 0 bridgehead atoms. The lowest BCUT2D eigenvalue weighted by atomic mass is 10.1. The Morgan fingerprint density at radius 2 is 1.85 bits per heavy atom. The smallest absolute Gasteiger partial charge is 0.106 e. The first-order chi connectivity index (χ1) is 6.02. The molecule has 2 atom stereocenters. The van der Waals surface area contributed by atoms with Gasteiger partial charge in [-0.1, -0.05) is 29.3 Å². The summed E-state index contributed by atoms with van der Waals surface area (Å²) in [7, 11) is 0. The van der Waals surface area contributed by atoms with Crippen LogP contribution >= 0.6 is 23.2 Å². The maximum Gasteiger partial charge on any atom is 0.106 e. The highest BCUT2D eigenvalue weighted by atomic mass is 35.5. The van der Waals surface area contributed by atoms with Gasteiger partial charge in [0.05, 0.1) is 6.10 Å². The second-order valence-electron chi connectivity index (χ2n) is 2.85. The molecule has 0 aromatic heterocycles. The zero-order chi connectivity index (χ0) is 10.0. The zero-order valence-electron chi connectivity index (χ0n) is 7.04. The highest BCUT2D eigenvalue weighted by Crippen LogP contribution is 2.27. The molecule has 1 aromatic rings. The van der Waals surface area contributed by atoms with Crippen molar-refractivity contribution in [2.45, 2.75) is 19.1 Å². The van der Waals surface area contributed by atoms with Crippen LogP contribution in [0.2, 0.25) is 10.0 Å². The van der Waals surface area contributed by atoms with Gasteiger partial charge in [0.1, 0.15) is 6.10 Å². The molecule has 0 amide bonds. The van der Waals surface area contributed by atoms with Crippen LogP contribution in [0, 0.1) is 0 Å². The number of halogens is 2. The topological polar surface area (TPSA) is 40.5 Å². The molecular weight excluding hydrogens is 211 g/mol. The summed E-state index contributed by atoms with van der Waals surface area (Å²) < 4.78 is 0. The summed E-state index contributed by atoms with van der Waals surface area (Å²) in [6.45, 7) is 1.50. The highest BCUT2D eigenvalue weighted by molar-refractivity contribution is 6.35. The van der Waals surface area contributed by atoms with E-state index in [1.807, 2.05) is 0 Å². The van der Waals surface area contributed by atoms with E-state index in [2.05, 4.69) is 0 Å². The summed E-state index contributed by atoms with van der Waals surface area (Å²) in [5.41, 5.74) is 0.487. The molecule has 1 aromatic carbocycles. The van der Waals surface area contributed by atoms with Gasteiger partial charge in [0.25, 0.3) is 0 Å². The molecular formula is C9H10Cl2O2. The van der Waals surface area contributed by atoms with Gasteiger partial charge in [-0.2, -0.15) is 0 Å². The number of hydrogen-bond donors (Lipinski definition) is 2. The van der Waals surface area contributed by atoms with Gasteiger partial charge < -0.3 is 10.2 Å². The zero-order valence-corrected chi connectivity index (χ0v) is 8.55. The van der Waals surface area contributed by atoms with E-state index in [0.717, 1.165) is 0 Å². The van der Waals surface area contributed by atoms with Gasteiger partial charge in [-0.3, -0.25) is 0 Å². The van der Waals surface area contributed by atoms with Crippen LogP contribution in [-0.4, -0.2) is 16.3 Å². The summed E-state index contributed by atoms with van der Waals surface area (Å²) in [6, 6.07) is 4.75. The third kappa shape index (κ3) is 2.58. The Morgan fingerprint density at radius 1 is 1.23 bits per heavy atom. The van der Waals surface area contributed by atoms with Gasteiger partial charge in [0.2, 0.25) is 0 Å². The van der Waals surface area contributed by atoms with E-state index in [4.69, 9.17) is 28.3 Å². The van der Waals surface area contributed by atoms with Crippen molar-refractivity contribution in [3.05, 3.63) is 33.8 Å². The molecule has 0 aliphatic carbocycles. The molecule has 2 N–H and O–H groups in total. The van der Waals surface area contributed by atoms with E-state index in [0.29, 0.717) is 15.6 Å². The number of benzene rings is 1. The van der Waals surface area contributed by atoms with Crippen LogP contribution in [0.25, 0.3) is 0 Å². The summed E-state index contributed by atoms with van der Waals surface area (Å²) in [5, 5.41) is 19.5. The van der Waals surface area contributed by atoms with Gasteiger partial charge in [0, 0.05) is 15.6 Å². The maximum absolute atomic E-state index is 9.49. The normalized spacial score (nSPS) is 15.5. The van der Waals surface area contributed by atoms with Crippen LogP contribution in [-0.2, 0) is 0 Å². The minimum atomic E-state index is -0.968. The Hall–Kier alpha value is -0.280. The molecule has 1 rings (SSSR count). The van der Waals surface area contributed by atoms with Gasteiger partial charge in [-0.25, -0.2) is 0 Å². The third-order valence-electron chi connectivity index (χ3n) is 1.74. The summed E-state index contributed by atoms with van der Waals surface area (Å²) in [4.78, 5) is 0. The minimum absolute atomic E-state index is 0.362. The fourth-order valence-electron chi connectivity index (χ4n) is 1.00. The van der Waals surface area contributed by atoms with Crippen LogP contribution in [0.1, 0.15) is 18.6 Å². The van der Waals surface area contributed by atoms with E-state index >= 15 is 0 Å². The van der Waals surface area contributed by atoms with E-state index < -0.39 is 12.2 Å². The number of hydrogen-bond acceptors (Lipinski definition) is 2. The van der Waals surface area contributed by atoms with Crippen molar-refractivity contribution in [1.82, 2.24) is 0 Å². The lowest BCUT2D eigenvalue weighted by molar-refractivity contribution is 0.0306. The Labute approximate surface area is 86.7 Å². The molecule has 0 aliphatic rings. The fourth-order valence-corrected chi connectivity index (χ4v) is 1.52. The Kier molecular flexibility index (Phi) is 3.56. The maximum atomic E-state index is 9.49. The van der Waals surface area contributed by atoms with Crippen molar-refractivity contribution in [2.75, 3.05) is 0 Å². The number of aliphatic hydroxyl groups excluding tert-OH is 2. The van der Waals surface area contributed by atoms with Gasteiger partial charge >= 0.3 is 0 Å². The first-order valence-corrected chi connectivity index (χ1v) is 4.59.